The SMILES string of the molecule is C=Cc1ccnc(N2CC(OPO)C2)n1.CCC. The van der Waals surface area contributed by atoms with E-state index < -0.39 is 9.03 Å². The molecule has 0 bridgehead atoms. The van der Waals surface area contributed by atoms with E-state index in [2.05, 4.69) is 30.4 Å². The van der Waals surface area contributed by atoms with Crippen LogP contribution >= 0.6 is 9.03 Å². The summed E-state index contributed by atoms with van der Waals surface area (Å²) in [6.45, 7) is 9.36. The summed E-state index contributed by atoms with van der Waals surface area (Å²) in [5, 5.41) is 0. The zero-order valence-corrected chi connectivity index (χ0v) is 11.8. The number of aromatic nitrogens is 2. The van der Waals surface area contributed by atoms with Crippen LogP contribution in [0.3, 0.4) is 0 Å². The van der Waals surface area contributed by atoms with Crippen molar-refractivity contribution >= 4 is 21.1 Å². The smallest absolute Gasteiger partial charge is 0.226 e. The number of anilines is 1. The van der Waals surface area contributed by atoms with Gasteiger partial charge in [-0.1, -0.05) is 26.8 Å². The van der Waals surface area contributed by atoms with E-state index in [-0.39, 0.29) is 6.10 Å². The van der Waals surface area contributed by atoms with Crippen molar-refractivity contribution in [3.05, 3.63) is 24.5 Å². The Morgan fingerprint density at radius 2 is 2.28 bits per heavy atom. The molecule has 1 atom stereocenters. The summed E-state index contributed by atoms with van der Waals surface area (Å²) in [6, 6.07) is 1.80. The third kappa shape index (κ3) is 4.33. The Morgan fingerprint density at radius 1 is 1.61 bits per heavy atom. The minimum Gasteiger partial charge on any atom is -0.352 e. The lowest BCUT2D eigenvalue weighted by atomic mass is 10.2. The second kappa shape index (κ2) is 8.14. The zero-order chi connectivity index (χ0) is 13.4. The molecule has 5 nitrogen and oxygen atoms in total. The average molecular weight is 269 g/mol. The minimum absolute atomic E-state index is 0.101. The molecule has 1 fully saturated rings. The second-order valence-electron chi connectivity index (χ2n) is 3.93. The maximum absolute atomic E-state index is 8.58. The monoisotopic (exact) mass is 269 g/mol. The van der Waals surface area contributed by atoms with Crippen LogP contribution in [0.1, 0.15) is 26.0 Å². The molecule has 0 spiro atoms. The third-order valence-corrected chi connectivity index (χ3v) is 2.66. The standard InChI is InChI=1S/C9H12N3O2P.C3H8/c1-2-7-3-4-10-9(11-7)12-5-8(6-12)14-15-13;1-3-2/h2-4,8,13,15H,1,5-6H2;3H2,1-2H3. The molecular formula is C12H20N3O2P. The number of rotatable bonds is 4. The van der Waals surface area contributed by atoms with Gasteiger partial charge >= 0.3 is 0 Å². The Hall–Kier alpha value is -1.03. The van der Waals surface area contributed by atoms with Crippen LogP contribution in [0.2, 0.25) is 0 Å². The van der Waals surface area contributed by atoms with E-state index in [4.69, 9.17) is 9.42 Å². The van der Waals surface area contributed by atoms with Gasteiger partial charge in [-0.3, -0.25) is 0 Å². The summed E-state index contributed by atoms with van der Waals surface area (Å²) in [7, 11) is -0.442. The van der Waals surface area contributed by atoms with E-state index in [0.29, 0.717) is 5.95 Å². The van der Waals surface area contributed by atoms with Gasteiger partial charge in [0.1, 0.15) is 0 Å². The van der Waals surface area contributed by atoms with Gasteiger partial charge in [0.15, 0.2) is 9.03 Å². The van der Waals surface area contributed by atoms with E-state index >= 15 is 0 Å². The largest absolute Gasteiger partial charge is 0.352 e. The van der Waals surface area contributed by atoms with Crippen molar-refractivity contribution in [3.8, 4) is 0 Å². The molecule has 1 aliphatic heterocycles. The van der Waals surface area contributed by atoms with Gasteiger partial charge < -0.3 is 14.3 Å². The summed E-state index contributed by atoms with van der Waals surface area (Å²) >= 11 is 0. The molecule has 0 radical (unpaired) electrons. The van der Waals surface area contributed by atoms with Crippen LogP contribution in [0.25, 0.3) is 6.08 Å². The van der Waals surface area contributed by atoms with E-state index in [0.717, 1.165) is 18.8 Å². The van der Waals surface area contributed by atoms with Crippen LogP contribution in [0.4, 0.5) is 5.95 Å². The topological polar surface area (TPSA) is 58.5 Å². The van der Waals surface area contributed by atoms with Crippen molar-refractivity contribution in [3.63, 3.8) is 0 Å². The van der Waals surface area contributed by atoms with Gasteiger partial charge in [-0.2, -0.15) is 0 Å². The van der Waals surface area contributed by atoms with Crippen molar-refractivity contribution in [1.29, 1.82) is 0 Å². The second-order valence-corrected chi connectivity index (χ2v) is 4.35. The summed E-state index contributed by atoms with van der Waals surface area (Å²) in [6.07, 6.45) is 4.75. The molecule has 1 aromatic rings. The first-order valence-electron chi connectivity index (χ1n) is 6.00. The Morgan fingerprint density at radius 3 is 2.83 bits per heavy atom. The highest BCUT2D eigenvalue weighted by molar-refractivity contribution is 7.25. The van der Waals surface area contributed by atoms with Crippen molar-refractivity contribution < 1.29 is 9.42 Å². The van der Waals surface area contributed by atoms with Crippen molar-refractivity contribution in [2.75, 3.05) is 18.0 Å². The quantitative estimate of drug-likeness (QED) is 0.849. The fraction of sp³-hybridized carbons (Fsp3) is 0.500. The molecular weight excluding hydrogens is 249 g/mol. The molecule has 1 unspecified atom stereocenters. The van der Waals surface area contributed by atoms with Crippen LogP contribution in [0.15, 0.2) is 18.8 Å². The fourth-order valence-corrected chi connectivity index (χ4v) is 1.68. The maximum atomic E-state index is 8.58. The molecule has 0 aromatic carbocycles. The Kier molecular flexibility index (Phi) is 6.80. The van der Waals surface area contributed by atoms with Crippen LogP contribution in [0, 0.1) is 0 Å². The van der Waals surface area contributed by atoms with Crippen LogP contribution in [-0.4, -0.2) is 34.1 Å². The minimum atomic E-state index is -0.442. The molecule has 0 saturated carbocycles. The third-order valence-electron chi connectivity index (χ3n) is 2.22. The number of hydrogen-bond acceptors (Lipinski definition) is 5. The van der Waals surface area contributed by atoms with E-state index in [1.807, 2.05) is 4.90 Å². The van der Waals surface area contributed by atoms with Gasteiger partial charge in [0.2, 0.25) is 5.95 Å². The maximum Gasteiger partial charge on any atom is 0.226 e. The predicted molar refractivity (Wildman–Crippen MR) is 75.7 cm³/mol. The van der Waals surface area contributed by atoms with E-state index in [1.54, 1.807) is 18.3 Å². The first-order chi connectivity index (χ1) is 8.74. The highest BCUT2D eigenvalue weighted by Crippen LogP contribution is 2.22. The molecule has 1 aromatic heterocycles. The number of hydrogen-bond donors (Lipinski definition) is 1. The molecule has 2 heterocycles. The Bertz CT molecular complexity index is 370. The number of nitrogens with zero attached hydrogens (tertiary/aromatic N) is 3. The predicted octanol–water partition coefficient (Wildman–Crippen LogP) is 2.24. The molecule has 1 aliphatic rings. The molecule has 1 N–H and O–H groups in total. The fourth-order valence-electron chi connectivity index (χ4n) is 1.38. The lowest BCUT2D eigenvalue weighted by Gasteiger charge is -2.38. The normalized spacial score (nSPS) is 15.2. The molecule has 0 aliphatic carbocycles. The Balaban J connectivity index is 0.000000492. The van der Waals surface area contributed by atoms with Gasteiger partial charge in [0.25, 0.3) is 0 Å². The van der Waals surface area contributed by atoms with Gasteiger partial charge in [-0.15, -0.1) is 0 Å². The van der Waals surface area contributed by atoms with E-state index in [9.17, 15) is 0 Å². The van der Waals surface area contributed by atoms with Crippen molar-refractivity contribution in [2.24, 2.45) is 0 Å². The first kappa shape index (κ1) is 15.0. The van der Waals surface area contributed by atoms with Crippen LogP contribution < -0.4 is 4.90 Å². The van der Waals surface area contributed by atoms with Gasteiger partial charge in [0.05, 0.1) is 11.8 Å². The summed E-state index contributed by atoms with van der Waals surface area (Å²) in [5.74, 6) is 0.688. The first-order valence-corrected chi connectivity index (χ1v) is 6.85. The van der Waals surface area contributed by atoms with Gasteiger partial charge in [0, 0.05) is 19.3 Å². The molecule has 18 heavy (non-hydrogen) atoms. The van der Waals surface area contributed by atoms with Crippen LogP contribution in [0.5, 0.6) is 0 Å². The lowest BCUT2D eigenvalue weighted by Crippen LogP contribution is -2.52. The van der Waals surface area contributed by atoms with Gasteiger partial charge in [-0.05, 0) is 12.1 Å². The van der Waals surface area contributed by atoms with Gasteiger partial charge in [-0.25, -0.2) is 9.97 Å². The zero-order valence-electron chi connectivity index (χ0n) is 10.8. The van der Waals surface area contributed by atoms with Crippen molar-refractivity contribution in [1.82, 2.24) is 9.97 Å². The molecule has 0 amide bonds. The molecule has 6 heteroatoms. The van der Waals surface area contributed by atoms with Crippen LogP contribution in [-0.2, 0) is 4.52 Å². The molecule has 2 rings (SSSR count). The summed E-state index contributed by atoms with van der Waals surface area (Å²) in [5.41, 5.74) is 0.813. The summed E-state index contributed by atoms with van der Waals surface area (Å²) < 4.78 is 5.05. The highest BCUT2D eigenvalue weighted by atomic mass is 31.1. The Labute approximate surface area is 110 Å². The van der Waals surface area contributed by atoms with E-state index in [1.165, 1.54) is 6.42 Å². The summed E-state index contributed by atoms with van der Waals surface area (Å²) in [4.78, 5) is 19.0. The highest BCUT2D eigenvalue weighted by Gasteiger charge is 2.29. The lowest BCUT2D eigenvalue weighted by molar-refractivity contribution is 0.176. The molecule has 100 valence electrons. The van der Waals surface area contributed by atoms with Crippen molar-refractivity contribution in [2.45, 2.75) is 26.4 Å². The average Bonchev–Trinajstić information content (AvgIpc) is 2.34. The molecule has 1 saturated heterocycles.